The van der Waals surface area contributed by atoms with Gasteiger partial charge in [0.2, 0.25) is 0 Å². The summed E-state index contributed by atoms with van der Waals surface area (Å²) in [6.45, 7) is 0. The Morgan fingerprint density at radius 2 is 1.94 bits per heavy atom. The van der Waals surface area contributed by atoms with Crippen LogP contribution >= 0.6 is 0 Å². The molecule has 92 valence electrons. The number of hydrogen-bond donors (Lipinski definition) is 0. The highest BCUT2D eigenvalue weighted by atomic mass is 19.2. The lowest BCUT2D eigenvalue weighted by atomic mass is 10.0. The van der Waals surface area contributed by atoms with Gasteiger partial charge in [0.15, 0.2) is 17.9 Å². The van der Waals surface area contributed by atoms with Crippen molar-refractivity contribution in [2.45, 2.75) is 0 Å². The second-order valence-electron chi connectivity index (χ2n) is 3.68. The van der Waals surface area contributed by atoms with E-state index in [0.29, 0.717) is 23.2 Å². The van der Waals surface area contributed by atoms with Gasteiger partial charge in [0.05, 0.1) is 12.7 Å². The monoisotopic (exact) mass is 248 g/mol. The molecule has 0 unspecified atom stereocenters. The van der Waals surface area contributed by atoms with Gasteiger partial charge in [-0.1, -0.05) is 18.2 Å². The van der Waals surface area contributed by atoms with Crippen LogP contribution in [0.4, 0.5) is 8.78 Å². The van der Waals surface area contributed by atoms with Gasteiger partial charge in [-0.05, 0) is 23.8 Å². The molecular formula is C14H10F2O2. The molecule has 0 aliphatic heterocycles. The molecule has 0 amide bonds. The average molecular weight is 248 g/mol. The van der Waals surface area contributed by atoms with E-state index in [4.69, 9.17) is 4.74 Å². The van der Waals surface area contributed by atoms with E-state index in [0.717, 1.165) is 6.07 Å². The predicted octanol–water partition coefficient (Wildman–Crippen LogP) is 3.45. The fraction of sp³-hybridized carbons (Fsp3) is 0.0714. The van der Waals surface area contributed by atoms with Crippen molar-refractivity contribution in [3.05, 3.63) is 53.6 Å². The molecule has 0 fully saturated rings. The highest BCUT2D eigenvalue weighted by Gasteiger charge is 2.11. The van der Waals surface area contributed by atoms with Crippen molar-refractivity contribution in [2.24, 2.45) is 0 Å². The fourth-order valence-corrected chi connectivity index (χ4v) is 1.72. The summed E-state index contributed by atoms with van der Waals surface area (Å²) >= 11 is 0. The molecule has 0 N–H and O–H groups in total. The first-order chi connectivity index (χ1) is 8.67. The zero-order valence-corrected chi connectivity index (χ0v) is 9.61. The van der Waals surface area contributed by atoms with Crippen LogP contribution in [-0.2, 0) is 0 Å². The minimum Gasteiger partial charge on any atom is -0.496 e. The molecule has 2 aromatic rings. The van der Waals surface area contributed by atoms with E-state index in [1.54, 1.807) is 12.1 Å². The van der Waals surface area contributed by atoms with E-state index in [-0.39, 0.29) is 5.56 Å². The topological polar surface area (TPSA) is 26.3 Å². The molecule has 0 radical (unpaired) electrons. The summed E-state index contributed by atoms with van der Waals surface area (Å²) in [7, 11) is 1.44. The van der Waals surface area contributed by atoms with Crippen LogP contribution in [0.2, 0.25) is 0 Å². The number of carbonyl (C=O) groups is 1. The first kappa shape index (κ1) is 12.2. The quantitative estimate of drug-likeness (QED) is 0.777. The molecule has 0 spiro atoms. The third-order valence-corrected chi connectivity index (χ3v) is 2.62. The van der Waals surface area contributed by atoms with Gasteiger partial charge in [-0.2, -0.15) is 0 Å². The van der Waals surface area contributed by atoms with Crippen molar-refractivity contribution in [1.82, 2.24) is 0 Å². The van der Waals surface area contributed by atoms with Crippen molar-refractivity contribution in [3.63, 3.8) is 0 Å². The molecule has 0 heterocycles. The second kappa shape index (κ2) is 4.96. The van der Waals surface area contributed by atoms with Gasteiger partial charge in [-0.3, -0.25) is 4.79 Å². The summed E-state index contributed by atoms with van der Waals surface area (Å²) in [6.07, 6.45) is 0.611. The summed E-state index contributed by atoms with van der Waals surface area (Å²) in [4.78, 5) is 10.9. The lowest BCUT2D eigenvalue weighted by Gasteiger charge is -2.08. The Morgan fingerprint density at radius 3 is 2.61 bits per heavy atom. The lowest BCUT2D eigenvalue weighted by Crippen LogP contribution is -1.93. The number of carbonyl (C=O) groups excluding carboxylic acids is 1. The minimum atomic E-state index is -0.931. The van der Waals surface area contributed by atoms with E-state index in [1.165, 1.54) is 25.3 Å². The third kappa shape index (κ3) is 2.09. The van der Waals surface area contributed by atoms with Crippen LogP contribution in [0.25, 0.3) is 11.1 Å². The number of benzene rings is 2. The van der Waals surface area contributed by atoms with Crippen molar-refractivity contribution in [3.8, 4) is 16.9 Å². The molecule has 0 saturated heterocycles. The average Bonchev–Trinajstić information content (AvgIpc) is 2.41. The molecule has 0 aromatic heterocycles. The van der Waals surface area contributed by atoms with Crippen LogP contribution in [0, 0.1) is 11.6 Å². The number of hydrogen-bond acceptors (Lipinski definition) is 2. The Bertz CT molecular complexity index is 594. The van der Waals surface area contributed by atoms with Crippen LogP contribution in [0.15, 0.2) is 36.4 Å². The van der Waals surface area contributed by atoms with Crippen LogP contribution in [-0.4, -0.2) is 13.4 Å². The molecule has 18 heavy (non-hydrogen) atoms. The molecule has 2 nitrogen and oxygen atoms in total. The molecule has 0 aliphatic rings. The Kier molecular flexibility index (Phi) is 3.37. The van der Waals surface area contributed by atoms with E-state index < -0.39 is 11.6 Å². The SMILES string of the molecule is COc1ccc(-c2cccc(F)c2F)cc1C=O. The van der Waals surface area contributed by atoms with Crippen LogP contribution in [0.1, 0.15) is 10.4 Å². The maximum absolute atomic E-state index is 13.6. The van der Waals surface area contributed by atoms with Gasteiger partial charge < -0.3 is 4.74 Å². The lowest BCUT2D eigenvalue weighted by molar-refractivity contribution is 0.112. The Balaban J connectivity index is 2.58. The van der Waals surface area contributed by atoms with Gasteiger partial charge in [-0.25, -0.2) is 8.78 Å². The van der Waals surface area contributed by atoms with Gasteiger partial charge in [0.25, 0.3) is 0 Å². The maximum Gasteiger partial charge on any atom is 0.166 e. The molecule has 4 heteroatoms. The molecular weight excluding hydrogens is 238 g/mol. The van der Waals surface area contributed by atoms with E-state index >= 15 is 0 Å². The van der Waals surface area contributed by atoms with Crippen LogP contribution in [0.3, 0.4) is 0 Å². The first-order valence-electron chi connectivity index (χ1n) is 5.25. The summed E-state index contributed by atoms with van der Waals surface area (Å²) in [5.41, 5.74) is 0.828. The maximum atomic E-state index is 13.6. The number of ether oxygens (including phenoxy) is 1. The van der Waals surface area contributed by atoms with Gasteiger partial charge in [-0.15, -0.1) is 0 Å². The molecule has 0 aliphatic carbocycles. The van der Waals surface area contributed by atoms with Gasteiger partial charge in [0.1, 0.15) is 5.75 Å². The van der Waals surface area contributed by atoms with E-state index in [1.807, 2.05) is 0 Å². The third-order valence-electron chi connectivity index (χ3n) is 2.62. The smallest absolute Gasteiger partial charge is 0.166 e. The second-order valence-corrected chi connectivity index (χ2v) is 3.68. The van der Waals surface area contributed by atoms with E-state index in [2.05, 4.69) is 0 Å². The predicted molar refractivity (Wildman–Crippen MR) is 63.7 cm³/mol. The molecule has 0 bridgehead atoms. The standard InChI is InChI=1S/C14H10F2O2/c1-18-13-6-5-9(7-10(13)8-17)11-3-2-4-12(15)14(11)16/h2-8H,1H3. The molecule has 0 atom stereocenters. The Hall–Kier alpha value is -2.23. The number of methoxy groups -OCH3 is 1. The summed E-state index contributed by atoms with van der Waals surface area (Å²) < 4.78 is 31.7. The fourth-order valence-electron chi connectivity index (χ4n) is 1.72. The van der Waals surface area contributed by atoms with Crippen molar-refractivity contribution >= 4 is 6.29 Å². The van der Waals surface area contributed by atoms with Crippen molar-refractivity contribution < 1.29 is 18.3 Å². The molecule has 0 saturated carbocycles. The summed E-state index contributed by atoms with van der Waals surface area (Å²) in [5.74, 6) is -1.46. The zero-order chi connectivity index (χ0) is 13.1. The number of rotatable bonds is 3. The summed E-state index contributed by atoms with van der Waals surface area (Å²) in [6, 6.07) is 8.49. The zero-order valence-electron chi connectivity index (χ0n) is 9.61. The number of halogens is 2. The van der Waals surface area contributed by atoms with E-state index in [9.17, 15) is 13.6 Å². The van der Waals surface area contributed by atoms with Crippen LogP contribution < -0.4 is 4.74 Å². The molecule has 2 aromatic carbocycles. The van der Waals surface area contributed by atoms with Crippen LogP contribution in [0.5, 0.6) is 5.75 Å². The van der Waals surface area contributed by atoms with Gasteiger partial charge >= 0.3 is 0 Å². The normalized spacial score (nSPS) is 10.2. The van der Waals surface area contributed by atoms with Crippen molar-refractivity contribution in [2.75, 3.05) is 7.11 Å². The Morgan fingerprint density at radius 1 is 1.17 bits per heavy atom. The number of aldehydes is 1. The Labute approximate surface area is 103 Å². The summed E-state index contributed by atoms with van der Waals surface area (Å²) in [5, 5.41) is 0. The highest BCUT2D eigenvalue weighted by Crippen LogP contribution is 2.28. The minimum absolute atomic E-state index is 0.112. The van der Waals surface area contributed by atoms with Crippen molar-refractivity contribution in [1.29, 1.82) is 0 Å². The highest BCUT2D eigenvalue weighted by molar-refractivity contribution is 5.83. The van der Waals surface area contributed by atoms with Gasteiger partial charge in [0, 0.05) is 5.56 Å². The molecule has 2 rings (SSSR count). The largest absolute Gasteiger partial charge is 0.496 e. The first-order valence-corrected chi connectivity index (χ1v) is 5.25.